The lowest BCUT2D eigenvalue weighted by molar-refractivity contribution is -0.131. The monoisotopic (exact) mass is 542 g/mol. The van der Waals surface area contributed by atoms with Crippen LogP contribution in [0.5, 0.6) is 0 Å². The molecule has 6 nitrogen and oxygen atoms in total. The normalized spacial score (nSPS) is 21.7. The third kappa shape index (κ3) is 4.93. The molecule has 1 aliphatic heterocycles. The number of benzene rings is 2. The molecule has 9 heteroatoms. The highest BCUT2D eigenvalue weighted by molar-refractivity contribution is 7.13. The number of hydrogen-bond acceptors (Lipinski definition) is 5. The summed E-state index contributed by atoms with van der Waals surface area (Å²) >= 11 is 13.9. The molecule has 5 rings (SSSR count). The average molecular weight is 543 g/mol. The maximum absolute atomic E-state index is 13.5. The van der Waals surface area contributed by atoms with Gasteiger partial charge in [-0.15, -0.1) is 11.3 Å². The molecule has 3 aromatic rings. The Bertz CT molecular complexity index is 1300. The smallest absolute Gasteiger partial charge is 0.251 e. The molecule has 1 saturated heterocycles. The van der Waals surface area contributed by atoms with E-state index in [0.29, 0.717) is 28.5 Å². The van der Waals surface area contributed by atoms with E-state index in [4.69, 9.17) is 27.9 Å². The number of carbonyl (C=O) groups excluding carboxylic acids is 3. The van der Waals surface area contributed by atoms with Gasteiger partial charge in [0.15, 0.2) is 5.78 Å². The minimum atomic E-state index is -1.03. The Morgan fingerprint density at radius 3 is 2.64 bits per heavy atom. The maximum atomic E-state index is 13.5. The standard InChI is InChI=1S/C27H24Cl2N2O4S/c28-19-10-5-16(13-20(19)29)14-21(26(34)31-27-11-1-4-24(27)35-15-23(27)32)30-25(33)18-8-6-17(7-9-18)22-3-2-12-36-22/h2-3,5-10,12-13,21,24H,1,4,11,14-15H2,(H,30,33)(H,31,34). The summed E-state index contributed by atoms with van der Waals surface area (Å²) in [4.78, 5) is 40.5. The van der Waals surface area contributed by atoms with Crippen LogP contribution >= 0.6 is 34.5 Å². The molecule has 0 spiro atoms. The molecule has 1 aromatic heterocycles. The Morgan fingerprint density at radius 1 is 1.11 bits per heavy atom. The highest BCUT2D eigenvalue weighted by Gasteiger charge is 2.55. The summed E-state index contributed by atoms with van der Waals surface area (Å²) < 4.78 is 5.63. The van der Waals surface area contributed by atoms with Crippen molar-refractivity contribution in [3.63, 3.8) is 0 Å². The first-order valence-corrected chi connectivity index (χ1v) is 13.3. The zero-order valence-corrected chi connectivity index (χ0v) is 21.6. The van der Waals surface area contributed by atoms with Crippen molar-refractivity contribution in [2.24, 2.45) is 0 Å². The van der Waals surface area contributed by atoms with Crippen molar-refractivity contribution in [2.45, 2.75) is 43.4 Å². The third-order valence-corrected chi connectivity index (χ3v) is 8.50. The molecule has 0 bridgehead atoms. The van der Waals surface area contributed by atoms with Crippen LogP contribution in [0.25, 0.3) is 10.4 Å². The first kappa shape index (κ1) is 25.0. The van der Waals surface area contributed by atoms with E-state index in [1.54, 1.807) is 41.7 Å². The highest BCUT2D eigenvalue weighted by Crippen LogP contribution is 2.38. The number of ketones is 1. The first-order chi connectivity index (χ1) is 17.4. The first-order valence-electron chi connectivity index (χ1n) is 11.7. The average Bonchev–Trinajstić information content (AvgIpc) is 3.60. The second-order valence-electron chi connectivity index (χ2n) is 9.11. The quantitative estimate of drug-likeness (QED) is 0.436. The van der Waals surface area contributed by atoms with Crippen LogP contribution in [-0.4, -0.2) is 41.9 Å². The highest BCUT2D eigenvalue weighted by atomic mass is 35.5. The molecule has 1 aliphatic carbocycles. The Hall–Kier alpha value is -2.71. The van der Waals surface area contributed by atoms with E-state index in [0.717, 1.165) is 22.4 Å². The van der Waals surface area contributed by atoms with Crippen molar-refractivity contribution in [1.82, 2.24) is 10.6 Å². The summed E-state index contributed by atoms with van der Waals surface area (Å²) in [5.41, 5.74) is 1.14. The topological polar surface area (TPSA) is 84.5 Å². The molecule has 0 radical (unpaired) electrons. The number of hydrogen-bond donors (Lipinski definition) is 2. The number of nitrogens with one attached hydrogen (secondary N) is 2. The van der Waals surface area contributed by atoms with Crippen molar-refractivity contribution in [3.05, 3.63) is 81.1 Å². The molecule has 2 amide bonds. The van der Waals surface area contributed by atoms with Crippen molar-refractivity contribution < 1.29 is 19.1 Å². The van der Waals surface area contributed by atoms with Gasteiger partial charge < -0.3 is 15.4 Å². The maximum Gasteiger partial charge on any atom is 0.251 e. The summed E-state index contributed by atoms with van der Waals surface area (Å²) in [6.45, 7) is -0.00858. The van der Waals surface area contributed by atoms with Gasteiger partial charge in [-0.3, -0.25) is 14.4 Å². The fourth-order valence-electron chi connectivity index (χ4n) is 4.92. The summed E-state index contributed by atoms with van der Waals surface area (Å²) in [6.07, 6.45) is 1.88. The van der Waals surface area contributed by atoms with Gasteiger partial charge in [-0.1, -0.05) is 47.5 Å². The van der Waals surface area contributed by atoms with E-state index in [1.807, 2.05) is 29.6 Å². The van der Waals surface area contributed by atoms with E-state index in [-0.39, 0.29) is 30.8 Å². The fraction of sp³-hybridized carbons (Fsp3) is 0.296. The van der Waals surface area contributed by atoms with E-state index in [2.05, 4.69) is 10.6 Å². The zero-order valence-electron chi connectivity index (χ0n) is 19.3. The molecule has 3 atom stereocenters. The fourth-order valence-corrected chi connectivity index (χ4v) is 5.98. The van der Waals surface area contributed by atoms with Crippen LogP contribution in [-0.2, 0) is 20.7 Å². The van der Waals surface area contributed by atoms with Gasteiger partial charge in [-0.25, -0.2) is 0 Å². The Morgan fingerprint density at radius 2 is 1.92 bits per heavy atom. The summed E-state index contributed by atoms with van der Waals surface area (Å²) in [6, 6.07) is 15.4. The van der Waals surface area contributed by atoms with Gasteiger partial charge in [-0.2, -0.15) is 0 Å². The Kier molecular flexibility index (Phi) is 7.17. The van der Waals surface area contributed by atoms with E-state index < -0.39 is 17.5 Å². The number of Topliss-reactive ketones (excluding diaryl/α,β-unsaturated/α-hetero) is 1. The van der Waals surface area contributed by atoms with Gasteiger partial charge in [0.2, 0.25) is 5.91 Å². The SMILES string of the molecule is O=C(NC(Cc1ccc(Cl)c(Cl)c1)C(=O)NC12CCCC1OCC2=O)c1ccc(-c2cccs2)cc1. The minimum absolute atomic E-state index is 0.00858. The molecule has 36 heavy (non-hydrogen) atoms. The zero-order chi connectivity index (χ0) is 25.3. The van der Waals surface area contributed by atoms with E-state index >= 15 is 0 Å². The van der Waals surface area contributed by atoms with Gasteiger partial charge in [0.1, 0.15) is 18.2 Å². The number of amides is 2. The van der Waals surface area contributed by atoms with Crippen molar-refractivity contribution in [1.29, 1.82) is 0 Å². The number of ether oxygens (including phenoxy) is 1. The second-order valence-corrected chi connectivity index (χ2v) is 10.9. The van der Waals surface area contributed by atoms with E-state index in [9.17, 15) is 14.4 Å². The van der Waals surface area contributed by atoms with Gasteiger partial charge in [0.25, 0.3) is 5.91 Å². The largest absolute Gasteiger partial charge is 0.367 e. The Balaban J connectivity index is 1.37. The van der Waals surface area contributed by atoms with Gasteiger partial charge in [-0.05, 0) is 66.1 Å². The van der Waals surface area contributed by atoms with Crippen LogP contribution in [0.2, 0.25) is 10.0 Å². The van der Waals surface area contributed by atoms with Crippen LogP contribution < -0.4 is 10.6 Å². The molecule has 2 heterocycles. The predicted molar refractivity (Wildman–Crippen MR) is 141 cm³/mol. The number of rotatable bonds is 7. The minimum Gasteiger partial charge on any atom is -0.367 e. The van der Waals surface area contributed by atoms with Gasteiger partial charge in [0.05, 0.1) is 16.1 Å². The van der Waals surface area contributed by atoms with Crippen LogP contribution in [0.1, 0.15) is 35.2 Å². The lowest BCUT2D eigenvalue weighted by atomic mass is 9.91. The summed E-state index contributed by atoms with van der Waals surface area (Å²) in [5.74, 6) is -0.945. The summed E-state index contributed by atoms with van der Waals surface area (Å²) in [5, 5.41) is 8.56. The second kappa shape index (κ2) is 10.3. The van der Waals surface area contributed by atoms with Crippen LogP contribution in [0.3, 0.4) is 0 Å². The molecule has 3 unspecified atom stereocenters. The number of thiophene rings is 1. The lowest BCUT2D eigenvalue weighted by Crippen LogP contribution is -2.60. The van der Waals surface area contributed by atoms with Crippen molar-refractivity contribution in [2.75, 3.05) is 6.61 Å². The predicted octanol–water partition coefficient (Wildman–Crippen LogP) is 5.07. The van der Waals surface area contributed by atoms with Crippen LogP contribution in [0.15, 0.2) is 60.0 Å². The third-order valence-electron chi connectivity index (χ3n) is 6.84. The van der Waals surface area contributed by atoms with Crippen LogP contribution in [0.4, 0.5) is 0 Å². The van der Waals surface area contributed by atoms with Gasteiger partial charge >= 0.3 is 0 Å². The van der Waals surface area contributed by atoms with Crippen LogP contribution in [0, 0.1) is 0 Å². The molecule has 1 saturated carbocycles. The Labute approximate surface area is 222 Å². The van der Waals surface area contributed by atoms with Crippen molar-refractivity contribution >= 4 is 52.1 Å². The van der Waals surface area contributed by atoms with Crippen molar-refractivity contribution in [3.8, 4) is 10.4 Å². The van der Waals surface area contributed by atoms with E-state index in [1.165, 1.54) is 0 Å². The lowest BCUT2D eigenvalue weighted by Gasteiger charge is -2.30. The number of fused-ring (bicyclic) bond motifs is 1. The number of halogens is 2. The molecule has 2 N–H and O–H groups in total. The number of carbonyl (C=O) groups is 3. The molecular weight excluding hydrogens is 519 g/mol. The molecule has 2 aromatic carbocycles. The molecular formula is C27H24Cl2N2O4S. The molecule has 2 fully saturated rings. The van der Waals surface area contributed by atoms with Gasteiger partial charge in [0, 0.05) is 16.9 Å². The molecule has 186 valence electrons. The molecule has 2 aliphatic rings. The summed E-state index contributed by atoms with van der Waals surface area (Å²) in [7, 11) is 0.